The fourth-order valence-electron chi connectivity index (χ4n) is 2.47. The monoisotopic (exact) mass is 354 g/mol. The average molecular weight is 354 g/mol. The molecular formula is C18H18N4O2S. The summed E-state index contributed by atoms with van der Waals surface area (Å²) in [5.74, 6) is 0.321. The van der Waals surface area contributed by atoms with Crippen LogP contribution in [0.3, 0.4) is 0 Å². The van der Waals surface area contributed by atoms with Crippen molar-refractivity contribution in [3.63, 3.8) is 0 Å². The molecule has 0 aliphatic rings. The number of benzene rings is 2. The largest absolute Gasteiger partial charge is 0.506 e. The van der Waals surface area contributed by atoms with Gasteiger partial charge < -0.3 is 10.4 Å². The van der Waals surface area contributed by atoms with Crippen molar-refractivity contribution in [2.45, 2.75) is 20.4 Å². The second-order valence-corrected chi connectivity index (χ2v) is 6.26. The lowest BCUT2D eigenvalue weighted by molar-refractivity contribution is -0.116. The number of rotatable bonds is 4. The summed E-state index contributed by atoms with van der Waals surface area (Å²) in [4.78, 5) is 12.4. The number of anilines is 1. The van der Waals surface area contributed by atoms with Gasteiger partial charge in [0.05, 0.1) is 5.69 Å². The van der Waals surface area contributed by atoms with Gasteiger partial charge >= 0.3 is 0 Å². The third-order valence-electron chi connectivity index (χ3n) is 3.80. The first kappa shape index (κ1) is 16.9. The van der Waals surface area contributed by atoms with Crippen LogP contribution in [0.15, 0.2) is 42.5 Å². The van der Waals surface area contributed by atoms with Crippen LogP contribution in [0.25, 0.3) is 11.4 Å². The van der Waals surface area contributed by atoms with Crippen molar-refractivity contribution in [1.82, 2.24) is 14.8 Å². The van der Waals surface area contributed by atoms with E-state index in [4.69, 9.17) is 12.2 Å². The van der Waals surface area contributed by atoms with Gasteiger partial charge in [0.25, 0.3) is 0 Å². The van der Waals surface area contributed by atoms with Crippen LogP contribution >= 0.6 is 12.2 Å². The van der Waals surface area contributed by atoms with Crippen molar-refractivity contribution in [1.29, 1.82) is 0 Å². The maximum absolute atomic E-state index is 12.4. The second-order valence-electron chi connectivity index (χ2n) is 5.87. The Bertz CT molecular complexity index is 973. The molecule has 0 atom stereocenters. The SMILES string of the molecule is Cc1ccc(-c2n[nH]c(=S)n2CC(=O)Nc2ccc(C)cc2O)cc1. The van der Waals surface area contributed by atoms with Gasteiger partial charge in [0.1, 0.15) is 12.3 Å². The summed E-state index contributed by atoms with van der Waals surface area (Å²) in [7, 11) is 0. The lowest BCUT2D eigenvalue weighted by atomic mass is 10.1. The van der Waals surface area contributed by atoms with E-state index in [0.29, 0.717) is 16.3 Å². The highest BCUT2D eigenvalue weighted by molar-refractivity contribution is 7.71. The Morgan fingerprint density at radius 1 is 1.20 bits per heavy atom. The number of carbonyl (C=O) groups excluding carboxylic acids is 1. The van der Waals surface area contributed by atoms with E-state index in [0.717, 1.165) is 16.7 Å². The fourth-order valence-corrected chi connectivity index (χ4v) is 2.66. The maximum atomic E-state index is 12.4. The number of aromatic nitrogens is 3. The van der Waals surface area contributed by atoms with Crippen molar-refractivity contribution in [2.75, 3.05) is 5.32 Å². The molecule has 2 aromatic carbocycles. The molecule has 7 heteroatoms. The van der Waals surface area contributed by atoms with Crippen LogP contribution in [-0.4, -0.2) is 25.8 Å². The number of aromatic hydroxyl groups is 1. The average Bonchev–Trinajstić information content (AvgIpc) is 2.92. The standard InChI is InChI=1S/C18H18N4O2S/c1-11-3-6-13(7-4-11)17-20-21-18(25)22(17)10-16(24)19-14-8-5-12(2)9-15(14)23/h3-9,23H,10H2,1-2H3,(H,19,24)(H,21,25). The first-order chi connectivity index (χ1) is 11.9. The molecule has 3 aromatic rings. The molecule has 0 aliphatic carbocycles. The summed E-state index contributed by atoms with van der Waals surface area (Å²) in [5.41, 5.74) is 3.28. The predicted molar refractivity (Wildman–Crippen MR) is 99.1 cm³/mol. The molecule has 0 saturated heterocycles. The smallest absolute Gasteiger partial charge is 0.244 e. The van der Waals surface area contributed by atoms with Gasteiger partial charge in [-0.05, 0) is 43.8 Å². The summed E-state index contributed by atoms with van der Waals surface area (Å²) in [6.45, 7) is 3.86. The number of hydrogen-bond acceptors (Lipinski definition) is 4. The van der Waals surface area contributed by atoms with Crippen LogP contribution in [0.5, 0.6) is 5.75 Å². The minimum absolute atomic E-state index is 0.00808. The van der Waals surface area contributed by atoms with E-state index in [9.17, 15) is 9.90 Å². The van der Waals surface area contributed by atoms with Gasteiger partial charge in [0.15, 0.2) is 10.6 Å². The van der Waals surface area contributed by atoms with Gasteiger partial charge in [0, 0.05) is 5.56 Å². The van der Waals surface area contributed by atoms with E-state index in [1.54, 1.807) is 16.7 Å². The van der Waals surface area contributed by atoms with Gasteiger partial charge in [-0.15, -0.1) is 0 Å². The number of amides is 1. The minimum Gasteiger partial charge on any atom is -0.506 e. The van der Waals surface area contributed by atoms with E-state index in [-0.39, 0.29) is 18.2 Å². The summed E-state index contributed by atoms with van der Waals surface area (Å²) >= 11 is 5.24. The number of H-pyrrole nitrogens is 1. The molecule has 1 heterocycles. The maximum Gasteiger partial charge on any atom is 0.244 e. The number of nitrogens with zero attached hydrogens (tertiary/aromatic N) is 2. The molecule has 1 aromatic heterocycles. The predicted octanol–water partition coefficient (Wildman–Crippen LogP) is 3.57. The number of carbonyl (C=O) groups is 1. The van der Waals surface area contributed by atoms with Gasteiger partial charge in [-0.1, -0.05) is 35.9 Å². The molecule has 25 heavy (non-hydrogen) atoms. The van der Waals surface area contributed by atoms with Crippen LogP contribution in [0.2, 0.25) is 0 Å². The molecule has 1 amide bonds. The summed E-state index contributed by atoms with van der Waals surface area (Å²) < 4.78 is 1.99. The first-order valence-electron chi connectivity index (χ1n) is 7.76. The third kappa shape index (κ3) is 3.77. The van der Waals surface area contributed by atoms with Crippen molar-refractivity contribution in [3.8, 4) is 17.1 Å². The van der Waals surface area contributed by atoms with Crippen molar-refractivity contribution in [2.24, 2.45) is 0 Å². The Kier molecular flexibility index (Phi) is 4.67. The van der Waals surface area contributed by atoms with Gasteiger partial charge in [-0.3, -0.25) is 14.5 Å². The number of nitrogens with one attached hydrogen (secondary N) is 2. The highest BCUT2D eigenvalue weighted by Crippen LogP contribution is 2.24. The molecule has 3 rings (SSSR count). The number of aromatic amines is 1. The molecule has 0 fully saturated rings. The Balaban J connectivity index is 1.83. The summed E-state index contributed by atoms with van der Waals surface area (Å²) in [6.07, 6.45) is 0. The number of phenolic OH excluding ortho intramolecular Hbond substituents is 1. The molecule has 3 N–H and O–H groups in total. The Labute approximate surface area is 150 Å². The molecule has 0 unspecified atom stereocenters. The Morgan fingerprint density at radius 2 is 1.88 bits per heavy atom. The van der Waals surface area contributed by atoms with Crippen molar-refractivity contribution < 1.29 is 9.90 Å². The molecule has 0 aliphatic heterocycles. The van der Waals surface area contributed by atoms with Crippen LogP contribution < -0.4 is 5.32 Å². The van der Waals surface area contributed by atoms with Crippen LogP contribution in [0.1, 0.15) is 11.1 Å². The number of aryl methyl sites for hydroxylation is 2. The minimum atomic E-state index is -0.301. The highest BCUT2D eigenvalue weighted by Gasteiger charge is 2.13. The quantitative estimate of drug-likeness (QED) is 0.494. The molecule has 0 radical (unpaired) electrons. The van der Waals surface area contributed by atoms with Crippen molar-refractivity contribution >= 4 is 23.8 Å². The van der Waals surface area contributed by atoms with E-state index in [1.807, 2.05) is 44.2 Å². The molecular weight excluding hydrogens is 336 g/mol. The normalized spacial score (nSPS) is 10.6. The van der Waals surface area contributed by atoms with E-state index in [1.165, 1.54) is 0 Å². The lowest BCUT2D eigenvalue weighted by Gasteiger charge is -2.10. The lowest BCUT2D eigenvalue weighted by Crippen LogP contribution is -2.19. The summed E-state index contributed by atoms with van der Waals surface area (Å²) in [6, 6.07) is 12.9. The molecule has 0 bridgehead atoms. The van der Waals surface area contributed by atoms with Gasteiger partial charge in [-0.25, -0.2) is 0 Å². The molecule has 0 saturated carbocycles. The van der Waals surface area contributed by atoms with E-state index in [2.05, 4.69) is 15.5 Å². The zero-order valence-electron chi connectivity index (χ0n) is 13.9. The topological polar surface area (TPSA) is 82.9 Å². The van der Waals surface area contributed by atoms with Crippen LogP contribution in [0, 0.1) is 18.6 Å². The molecule has 6 nitrogen and oxygen atoms in total. The zero-order chi connectivity index (χ0) is 18.0. The number of hydrogen-bond donors (Lipinski definition) is 3. The molecule has 0 spiro atoms. The van der Waals surface area contributed by atoms with E-state index < -0.39 is 0 Å². The Morgan fingerprint density at radius 3 is 2.56 bits per heavy atom. The van der Waals surface area contributed by atoms with Crippen LogP contribution in [-0.2, 0) is 11.3 Å². The second kappa shape index (κ2) is 6.90. The van der Waals surface area contributed by atoms with E-state index >= 15 is 0 Å². The highest BCUT2D eigenvalue weighted by atomic mass is 32.1. The number of phenols is 1. The van der Waals surface area contributed by atoms with Crippen molar-refractivity contribution in [3.05, 3.63) is 58.4 Å². The van der Waals surface area contributed by atoms with Gasteiger partial charge in [0.2, 0.25) is 5.91 Å². The van der Waals surface area contributed by atoms with Gasteiger partial charge in [-0.2, -0.15) is 5.10 Å². The molecule has 128 valence electrons. The summed E-state index contributed by atoms with van der Waals surface area (Å²) in [5, 5.41) is 19.6. The Hall–Kier alpha value is -2.93. The fraction of sp³-hybridized carbons (Fsp3) is 0.167. The zero-order valence-corrected chi connectivity index (χ0v) is 14.7. The van der Waals surface area contributed by atoms with Crippen LogP contribution in [0.4, 0.5) is 5.69 Å². The third-order valence-corrected chi connectivity index (χ3v) is 4.11. The first-order valence-corrected chi connectivity index (χ1v) is 8.16.